The number of anilines is 1. The molecule has 1 saturated heterocycles. The van der Waals surface area contributed by atoms with Crippen molar-refractivity contribution >= 4 is 17.6 Å². The first-order valence-electron chi connectivity index (χ1n) is 10.7. The minimum atomic E-state index is -0.105. The van der Waals surface area contributed by atoms with Gasteiger partial charge >= 0.3 is 0 Å². The summed E-state index contributed by atoms with van der Waals surface area (Å²) in [5, 5.41) is 3.07. The highest BCUT2D eigenvalue weighted by atomic mass is 16.5. The second-order valence-electron chi connectivity index (χ2n) is 7.86. The zero-order valence-corrected chi connectivity index (χ0v) is 19.3. The van der Waals surface area contributed by atoms with Crippen LogP contribution in [-0.4, -0.2) is 73.0 Å². The lowest BCUT2D eigenvalue weighted by atomic mass is 9.96. The van der Waals surface area contributed by atoms with E-state index in [0.717, 1.165) is 18.5 Å². The zero-order valence-electron chi connectivity index (χ0n) is 19.3. The molecule has 1 fully saturated rings. The van der Waals surface area contributed by atoms with Crippen molar-refractivity contribution < 1.29 is 19.1 Å². The summed E-state index contributed by atoms with van der Waals surface area (Å²) < 4.78 is 10.8. The summed E-state index contributed by atoms with van der Waals surface area (Å²) in [6, 6.07) is 7.15. The van der Waals surface area contributed by atoms with Gasteiger partial charge in [0.05, 0.1) is 32.0 Å². The van der Waals surface area contributed by atoms with E-state index in [1.165, 1.54) is 14.0 Å². The van der Waals surface area contributed by atoms with Crippen molar-refractivity contribution in [2.24, 2.45) is 0 Å². The maximum Gasteiger partial charge on any atom is 0.257 e. The highest BCUT2D eigenvalue weighted by Crippen LogP contribution is 2.33. The molecular formula is C23H31N5O4. The number of piperidine rings is 1. The molecule has 0 bridgehead atoms. The van der Waals surface area contributed by atoms with Gasteiger partial charge in [-0.3, -0.25) is 9.59 Å². The third-order valence-electron chi connectivity index (χ3n) is 5.70. The fraction of sp³-hybridized carbons (Fsp3) is 0.478. The van der Waals surface area contributed by atoms with Crippen LogP contribution in [0.2, 0.25) is 0 Å². The van der Waals surface area contributed by atoms with Gasteiger partial charge in [-0.1, -0.05) is 6.07 Å². The number of ether oxygens (including phenoxy) is 2. The van der Waals surface area contributed by atoms with Crippen molar-refractivity contribution in [3.8, 4) is 11.5 Å². The Morgan fingerprint density at radius 2 is 2.03 bits per heavy atom. The van der Waals surface area contributed by atoms with Crippen LogP contribution in [0.4, 0.5) is 5.82 Å². The second-order valence-corrected chi connectivity index (χ2v) is 7.86. The monoisotopic (exact) mass is 441 g/mol. The van der Waals surface area contributed by atoms with E-state index in [-0.39, 0.29) is 17.7 Å². The Hall–Kier alpha value is -3.36. The number of carbonyl (C=O) groups is 2. The number of para-hydroxylation sites is 1. The summed E-state index contributed by atoms with van der Waals surface area (Å²) in [4.78, 5) is 37.8. The van der Waals surface area contributed by atoms with Crippen LogP contribution in [-0.2, 0) is 11.3 Å². The average molecular weight is 442 g/mol. The summed E-state index contributed by atoms with van der Waals surface area (Å²) in [6.07, 6.45) is 1.73. The number of carbonyl (C=O) groups excluding carboxylic acids is 2. The Labute approximate surface area is 188 Å². The lowest BCUT2D eigenvalue weighted by Crippen LogP contribution is -2.39. The molecule has 9 heteroatoms. The van der Waals surface area contributed by atoms with Crippen LogP contribution in [0.5, 0.6) is 11.5 Å². The molecule has 32 heavy (non-hydrogen) atoms. The van der Waals surface area contributed by atoms with Gasteiger partial charge in [-0.2, -0.15) is 0 Å². The quantitative estimate of drug-likeness (QED) is 0.705. The van der Waals surface area contributed by atoms with E-state index < -0.39 is 0 Å². The topological polar surface area (TPSA) is 96.9 Å². The maximum absolute atomic E-state index is 13.3. The molecule has 0 aliphatic carbocycles. The predicted molar refractivity (Wildman–Crippen MR) is 121 cm³/mol. The molecule has 3 rings (SSSR count). The highest BCUT2D eigenvalue weighted by molar-refractivity contribution is 5.98. The van der Waals surface area contributed by atoms with Crippen LogP contribution < -0.4 is 14.8 Å². The first kappa shape index (κ1) is 23.3. The molecule has 9 nitrogen and oxygen atoms in total. The Morgan fingerprint density at radius 1 is 1.25 bits per heavy atom. The van der Waals surface area contributed by atoms with Gasteiger partial charge in [-0.25, -0.2) is 9.97 Å². The molecule has 1 aromatic heterocycles. The SMILES string of the molecule is CNc1cc(CN(C)C(C)=O)nc([C@H]2CCCN(C(=O)c3cccc(OC)c3OC)C2)n1. The summed E-state index contributed by atoms with van der Waals surface area (Å²) >= 11 is 0. The Balaban J connectivity index is 1.84. The van der Waals surface area contributed by atoms with Crippen LogP contribution in [0.1, 0.15) is 47.6 Å². The smallest absolute Gasteiger partial charge is 0.257 e. The molecule has 2 amide bonds. The fourth-order valence-corrected chi connectivity index (χ4v) is 3.86. The van der Waals surface area contributed by atoms with Gasteiger partial charge in [0.25, 0.3) is 5.91 Å². The third kappa shape index (κ3) is 5.09. The van der Waals surface area contributed by atoms with E-state index >= 15 is 0 Å². The standard InChI is InChI=1S/C23H31N5O4/c1-15(29)27(3)14-17-12-20(24-2)26-22(25-17)16-8-7-11-28(13-16)23(30)18-9-6-10-19(31-4)21(18)32-5/h6,9-10,12,16H,7-8,11,13-14H2,1-5H3,(H,24,25,26)/t16-/m0/s1. The number of nitrogens with zero attached hydrogens (tertiary/aromatic N) is 4. The normalized spacial score (nSPS) is 15.8. The fourth-order valence-electron chi connectivity index (χ4n) is 3.86. The van der Waals surface area contributed by atoms with Crippen LogP contribution in [0, 0.1) is 0 Å². The average Bonchev–Trinajstić information content (AvgIpc) is 2.82. The summed E-state index contributed by atoms with van der Waals surface area (Å²) in [6.45, 7) is 3.09. The largest absolute Gasteiger partial charge is 0.493 e. The minimum absolute atomic E-state index is 0.000938. The molecule has 0 saturated carbocycles. The summed E-state index contributed by atoms with van der Waals surface area (Å²) in [5.74, 6) is 2.20. The van der Waals surface area contributed by atoms with E-state index in [1.54, 1.807) is 44.3 Å². The molecule has 1 aromatic carbocycles. The van der Waals surface area contributed by atoms with Gasteiger partial charge < -0.3 is 24.6 Å². The summed E-state index contributed by atoms with van der Waals surface area (Å²) in [5.41, 5.74) is 1.23. The number of hydrogen-bond donors (Lipinski definition) is 1. The van der Waals surface area contributed by atoms with Gasteiger partial charge in [0, 0.05) is 46.1 Å². The van der Waals surface area contributed by atoms with Crippen LogP contribution >= 0.6 is 0 Å². The molecule has 1 aliphatic rings. The van der Waals surface area contributed by atoms with Crippen molar-refractivity contribution in [2.45, 2.75) is 32.2 Å². The molecule has 1 N–H and O–H groups in total. The Morgan fingerprint density at radius 3 is 2.69 bits per heavy atom. The highest BCUT2D eigenvalue weighted by Gasteiger charge is 2.30. The molecule has 2 heterocycles. The van der Waals surface area contributed by atoms with Crippen molar-refractivity contribution in [3.05, 3.63) is 41.3 Å². The van der Waals surface area contributed by atoms with E-state index in [4.69, 9.17) is 14.5 Å². The zero-order chi connectivity index (χ0) is 23.3. The molecule has 172 valence electrons. The van der Waals surface area contributed by atoms with Gasteiger partial charge in [0.1, 0.15) is 11.6 Å². The number of methoxy groups -OCH3 is 2. The van der Waals surface area contributed by atoms with Gasteiger partial charge in [-0.05, 0) is 25.0 Å². The lowest BCUT2D eigenvalue weighted by Gasteiger charge is -2.32. The van der Waals surface area contributed by atoms with Gasteiger partial charge in [-0.15, -0.1) is 0 Å². The van der Waals surface area contributed by atoms with Crippen LogP contribution in [0.15, 0.2) is 24.3 Å². The number of benzene rings is 1. The van der Waals surface area contributed by atoms with Gasteiger partial charge in [0.2, 0.25) is 5.91 Å². The lowest BCUT2D eigenvalue weighted by molar-refractivity contribution is -0.128. The minimum Gasteiger partial charge on any atom is -0.493 e. The number of likely N-dealkylation sites (tertiary alicyclic amines) is 1. The van der Waals surface area contributed by atoms with Crippen LogP contribution in [0.3, 0.4) is 0 Å². The van der Waals surface area contributed by atoms with Crippen molar-refractivity contribution in [3.63, 3.8) is 0 Å². The van der Waals surface area contributed by atoms with Crippen molar-refractivity contribution in [1.82, 2.24) is 19.8 Å². The van der Waals surface area contributed by atoms with E-state index in [9.17, 15) is 9.59 Å². The summed E-state index contributed by atoms with van der Waals surface area (Å²) in [7, 11) is 6.63. The molecule has 1 aliphatic heterocycles. The number of nitrogens with one attached hydrogen (secondary N) is 1. The third-order valence-corrected chi connectivity index (χ3v) is 5.70. The van der Waals surface area contributed by atoms with E-state index in [2.05, 4.69) is 10.3 Å². The van der Waals surface area contributed by atoms with Gasteiger partial charge in [0.15, 0.2) is 11.5 Å². The molecule has 0 unspecified atom stereocenters. The molecule has 0 spiro atoms. The van der Waals surface area contributed by atoms with E-state index in [0.29, 0.717) is 48.3 Å². The van der Waals surface area contributed by atoms with Crippen LogP contribution in [0.25, 0.3) is 0 Å². The number of amides is 2. The van der Waals surface area contributed by atoms with Crippen molar-refractivity contribution in [1.29, 1.82) is 0 Å². The molecule has 1 atom stereocenters. The number of aromatic nitrogens is 2. The number of rotatable bonds is 7. The Kier molecular flexibility index (Phi) is 7.50. The second kappa shape index (κ2) is 10.3. The molecule has 0 radical (unpaired) electrons. The number of hydrogen-bond acceptors (Lipinski definition) is 7. The molecule has 2 aromatic rings. The first-order chi connectivity index (χ1) is 15.4. The maximum atomic E-state index is 13.3. The predicted octanol–water partition coefficient (Wildman–Crippen LogP) is 2.53. The van der Waals surface area contributed by atoms with Crippen molar-refractivity contribution in [2.75, 3.05) is 46.7 Å². The first-order valence-corrected chi connectivity index (χ1v) is 10.7. The van der Waals surface area contributed by atoms with E-state index in [1.807, 2.05) is 11.0 Å². The molecular weight excluding hydrogens is 410 g/mol. The Bertz CT molecular complexity index is 981.